The maximum atomic E-state index is 12.8. The van der Waals surface area contributed by atoms with Gasteiger partial charge in [-0.05, 0) is 36.4 Å². The fourth-order valence-corrected chi connectivity index (χ4v) is 3.61. The van der Waals surface area contributed by atoms with Gasteiger partial charge in [0.25, 0.3) is 5.91 Å². The maximum absolute atomic E-state index is 12.8. The van der Waals surface area contributed by atoms with Crippen molar-refractivity contribution in [2.24, 2.45) is 0 Å². The van der Waals surface area contributed by atoms with Gasteiger partial charge in [0.15, 0.2) is 17.3 Å². The Kier molecular flexibility index (Phi) is 7.28. The third-order valence-corrected chi connectivity index (χ3v) is 5.36. The van der Waals surface area contributed by atoms with Crippen molar-refractivity contribution in [1.82, 2.24) is 10.2 Å². The first-order chi connectivity index (χ1) is 16.6. The van der Waals surface area contributed by atoms with E-state index < -0.39 is 0 Å². The van der Waals surface area contributed by atoms with Gasteiger partial charge in [-0.3, -0.25) is 4.79 Å². The van der Waals surface area contributed by atoms with Crippen molar-refractivity contribution < 1.29 is 23.7 Å². The van der Waals surface area contributed by atoms with E-state index in [-0.39, 0.29) is 5.91 Å². The summed E-state index contributed by atoms with van der Waals surface area (Å²) in [7, 11) is 4.53. The van der Waals surface area contributed by atoms with Crippen LogP contribution in [0.2, 0.25) is 0 Å². The summed E-state index contributed by atoms with van der Waals surface area (Å²) < 4.78 is 21.4. The number of hydrogen-bond donors (Lipinski definition) is 2. The number of carbonyl (C=O) groups excluding carboxylic acids is 1. The van der Waals surface area contributed by atoms with Crippen molar-refractivity contribution >= 4 is 28.8 Å². The highest BCUT2D eigenvalue weighted by molar-refractivity contribution is 6.05. The zero-order valence-corrected chi connectivity index (χ0v) is 19.3. The molecule has 1 aliphatic rings. The molecule has 1 amide bonds. The molecule has 2 aromatic carbocycles. The Morgan fingerprint density at radius 3 is 2.21 bits per heavy atom. The third-order valence-electron chi connectivity index (χ3n) is 5.36. The lowest BCUT2D eigenvalue weighted by Gasteiger charge is -2.28. The van der Waals surface area contributed by atoms with Crippen LogP contribution in [-0.4, -0.2) is 63.7 Å². The molecule has 1 fully saturated rings. The second-order valence-corrected chi connectivity index (χ2v) is 7.47. The first kappa shape index (κ1) is 23.1. The molecule has 0 spiro atoms. The van der Waals surface area contributed by atoms with Gasteiger partial charge in [-0.1, -0.05) is 0 Å². The maximum Gasteiger partial charge on any atom is 0.255 e. The van der Waals surface area contributed by atoms with Gasteiger partial charge in [0.1, 0.15) is 0 Å². The first-order valence-electron chi connectivity index (χ1n) is 10.7. The van der Waals surface area contributed by atoms with E-state index in [0.717, 1.165) is 24.5 Å². The van der Waals surface area contributed by atoms with E-state index in [1.54, 1.807) is 30.5 Å². The molecule has 2 heterocycles. The van der Waals surface area contributed by atoms with E-state index in [1.165, 1.54) is 21.3 Å². The summed E-state index contributed by atoms with van der Waals surface area (Å²) in [5.74, 6) is 1.58. The lowest BCUT2D eigenvalue weighted by Crippen LogP contribution is -2.36. The molecule has 1 aliphatic heterocycles. The summed E-state index contributed by atoms with van der Waals surface area (Å²) in [6.07, 6.45) is 1.75. The Balaban J connectivity index is 1.43. The zero-order valence-electron chi connectivity index (χ0n) is 19.3. The Morgan fingerprint density at radius 1 is 0.941 bits per heavy atom. The van der Waals surface area contributed by atoms with Gasteiger partial charge in [-0.15, -0.1) is 5.10 Å². The highest BCUT2D eigenvalue weighted by Crippen LogP contribution is 2.38. The molecule has 178 valence electrons. The van der Waals surface area contributed by atoms with E-state index in [0.29, 0.717) is 47.5 Å². The summed E-state index contributed by atoms with van der Waals surface area (Å²) >= 11 is 0. The molecule has 4 rings (SSSR count). The van der Waals surface area contributed by atoms with Crippen LogP contribution in [0.15, 0.2) is 48.7 Å². The summed E-state index contributed by atoms with van der Waals surface area (Å²) in [5.41, 5.74) is 2.83. The minimum atomic E-state index is -0.302. The van der Waals surface area contributed by atoms with Gasteiger partial charge in [0, 0.05) is 36.1 Å². The number of methoxy groups -OCH3 is 3. The minimum Gasteiger partial charge on any atom is -0.493 e. The molecule has 0 atom stereocenters. The summed E-state index contributed by atoms with van der Waals surface area (Å²) in [6.45, 7) is 3.06. The van der Waals surface area contributed by atoms with Gasteiger partial charge in [-0.25, -0.2) is 0 Å². The molecule has 1 aromatic heterocycles. The molecular weight excluding hydrogens is 438 g/mol. The summed E-state index contributed by atoms with van der Waals surface area (Å²) in [4.78, 5) is 15.0. The second kappa shape index (κ2) is 10.7. The van der Waals surface area contributed by atoms with Gasteiger partial charge in [-0.2, -0.15) is 5.10 Å². The fourth-order valence-electron chi connectivity index (χ4n) is 3.61. The van der Waals surface area contributed by atoms with Gasteiger partial charge < -0.3 is 34.5 Å². The number of ether oxygens (including phenoxy) is 4. The van der Waals surface area contributed by atoms with Crippen molar-refractivity contribution in [3.63, 3.8) is 0 Å². The van der Waals surface area contributed by atoms with Crippen LogP contribution in [0.1, 0.15) is 10.4 Å². The molecule has 10 nitrogen and oxygen atoms in total. The van der Waals surface area contributed by atoms with E-state index in [1.807, 2.05) is 18.2 Å². The predicted octanol–water partition coefficient (Wildman–Crippen LogP) is 3.33. The molecule has 0 saturated carbocycles. The van der Waals surface area contributed by atoms with Crippen LogP contribution < -0.4 is 29.7 Å². The normalized spacial score (nSPS) is 13.2. The van der Waals surface area contributed by atoms with Crippen LogP contribution in [0.5, 0.6) is 17.2 Å². The van der Waals surface area contributed by atoms with Crippen LogP contribution in [-0.2, 0) is 4.74 Å². The zero-order chi connectivity index (χ0) is 23.9. The van der Waals surface area contributed by atoms with E-state index in [4.69, 9.17) is 18.9 Å². The number of rotatable bonds is 8. The van der Waals surface area contributed by atoms with Crippen molar-refractivity contribution in [3.05, 3.63) is 54.2 Å². The lowest BCUT2D eigenvalue weighted by molar-refractivity contribution is 0.102. The molecule has 0 radical (unpaired) electrons. The Labute approximate surface area is 197 Å². The van der Waals surface area contributed by atoms with Gasteiger partial charge >= 0.3 is 0 Å². The van der Waals surface area contributed by atoms with Crippen molar-refractivity contribution in [2.45, 2.75) is 0 Å². The second-order valence-electron chi connectivity index (χ2n) is 7.47. The van der Waals surface area contributed by atoms with Gasteiger partial charge in [0.2, 0.25) is 5.75 Å². The number of amides is 1. The highest BCUT2D eigenvalue weighted by Gasteiger charge is 2.17. The lowest BCUT2D eigenvalue weighted by atomic mass is 10.1. The Morgan fingerprint density at radius 2 is 1.59 bits per heavy atom. The molecule has 0 unspecified atom stereocenters. The molecule has 0 aliphatic carbocycles. The highest BCUT2D eigenvalue weighted by atomic mass is 16.5. The number of anilines is 4. The average Bonchev–Trinajstić information content (AvgIpc) is 2.89. The predicted molar refractivity (Wildman–Crippen MR) is 129 cm³/mol. The quantitative estimate of drug-likeness (QED) is 0.518. The third kappa shape index (κ3) is 5.29. The monoisotopic (exact) mass is 465 g/mol. The number of morpholine rings is 1. The molecule has 0 bridgehead atoms. The summed E-state index contributed by atoms with van der Waals surface area (Å²) in [5, 5.41) is 14.4. The smallest absolute Gasteiger partial charge is 0.255 e. The average molecular weight is 466 g/mol. The largest absolute Gasteiger partial charge is 0.493 e. The molecule has 2 N–H and O–H groups in total. The van der Waals surface area contributed by atoms with Gasteiger partial charge in [0.05, 0.1) is 46.4 Å². The number of aromatic nitrogens is 2. The molecule has 34 heavy (non-hydrogen) atoms. The molecule has 3 aromatic rings. The molecular formula is C24H27N5O5. The molecule has 10 heteroatoms. The Hall–Kier alpha value is -4.05. The minimum absolute atomic E-state index is 0.302. The van der Waals surface area contributed by atoms with Crippen LogP contribution >= 0.6 is 0 Å². The van der Waals surface area contributed by atoms with Crippen LogP contribution in [0.4, 0.5) is 22.9 Å². The van der Waals surface area contributed by atoms with E-state index in [9.17, 15) is 4.79 Å². The van der Waals surface area contributed by atoms with Crippen LogP contribution in [0.25, 0.3) is 0 Å². The SMILES string of the molecule is COc1cc(C(=O)Nc2ccc(Nc3cc(N4CCOCC4)cnn3)cc2)cc(OC)c1OC. The fraction of sp³-hybridized carbons (Fsp3) is 0.292. The topological polar surface area (TPSA) is 107 Å². The van der Waals surface area contributed by atoms with E-state index in [2.05, 4.69) is 25.7 Å². The van der Waals surface area contributed by atoms with Crippen LogP contribution in [0, 0.1) is 0 Å². The van der Waals surface area contributed by atoms with Crippen molar-refractivity contribution in [1.29, 1.82) is 0 Å². The van der Waals surface area contributed by atoms with Crippen molar-refractivity contribution in [2.75, 3.05) is 63.2 Å². The first-order valence-corrected chi connectivity index (χ1v) is 10.7. The standard InChI is InChI=1S/C24H27N5O5/c1-31-20-12-16(13-21(32-2)23(20)33-3)24(30)27-18-6-4-17(5-7-18)26-22-14-19(15-25-28-22)29-8-10-34-11-9-29/h4-7,12-15H,8-11H2,1-3H3,(H,26,28)(H,27,30). The summed E-state index contributed by atoms with van der Waals surface area (Å²) in [6, 6.07) is 12.5. The number of benzene rings is 2. The molecule has 1 saturated heterocycles. The number of hydrogen-bond acceptors (Lipinski definition) is 9. The van der Waals surface area contributed by atoms with Crippen molar-refractivity contribution in [3.8, 4) is 17.2 Å². The number of carbonyl (C=O) groups is 1. The number of nitrogens with one attached hydrogen (secondary N) is 2. The van der Waals surface area contributed by atoms with E-state index >= 15 is 0 Å². The number of nitrogens with zero attached hydrogens (tertiary/aromatic N) is 3. The Bertz CT molecular complexity index is 1110. The van der Waals surface area contributed by atoms with Crippen LogP contribution in [0.3, 0.4) is 0 Å².